The van der Waals surface area contributed by atoms with Crippen molar-refractivity contribution in [1.29, 1.82) is 0 Å². The molecule has 7 heteroatoms. The molecule has 2 aromatic rings. The summed E-state index contributed by atoms with van der Waals surface area (Å²) >= 11 is 0. The zero-order valence-electron chi connectivity index (χ0n) is 17.3. The van der Waals surface area contributed by atoms with Gasteiger partial charge in [-0.25, -0.2) is 4.39 Å². The number of aliphatic hydroxyl groups excluding tert-OH is 1. The lowest BCUT2D eigenvalue weighted by atomic mass is 9.87. The smallest absolute Gasteiger partial charge is 0.193 e. The van der Waals surface area contributed by atoms with Crippen LogP contribution in [0.3, 0.4) is 0 Å². The van der Waals surface area contributed by atoms with Crippen LogP contribution in [0.25, 0.3) is 6.08 Å². The van der Waals surface area contributed by atoms with Gasteiger partial charge in [0.25, 0.3) is 0 Å². The van der Waals surface area contributed by atoms with Crippen LogP contribution >= 0.6 is 0 Å². The van der Waals surface area contributed by atoms with Crippen LogP contribution in [0.4, 0.5) is 4.39 Å². The van der Waals surface area contributed by atoms with Gasteiger partial charge in [0.15, 0.2) is 5.78 Å². The highest BCUT2D eigenvalue weighted by molar-refractivity contribution is 6.11. The monoisotopic (exact) mass is 415 g/mol. The van der Waals surface area contributed by atoms with Gasteiger partial charge in [-0.05, 0) is 38.2 Å². The number of hydrogen-bond acceptors (Lipinski definition) is 6. The second-order valence-corrected chi connectivity index (χ2v) is 7.26. The van der Waals surface area contributed by atoms with Crippen LogP contribution in [0, 0.1) is 5.82 Å². The van der Waals surface area contributed by atoms with Crippen molar-refractivity contribution in [2.45, 2.75) is 18.4 Å². The molecular weight excluding hydrogens is 389 g/mol. The maximum absolute atomic E-state index is 13.9. The topological polar surface area (TPSA) is 79.2 Å². The SMILES string of the molecule is COc1cc(OC)c(C2CCN(C)C2CO)c(O)c1C(=O)C=Cc1ccccc1F. The number of likely N-dealkylation sites (tertiary alicyclic amines) is 1. The fraction of sp³-hybridized carbons (Fsp3) is 0.348. The van der Waals surface area contributed by atoms with E-state index in [-0.39, 0.29) is 41.2 Å². The summed E-state index contributed by atoms with van der Waals surface area (Å²) in [5.74, 6) is -0.895. The quantitative estimate of drug-likeness (QED) is 0.534. The highest BCUT2D eigenvalue weighted by atomic mass is 19.1. The lowest BCUT2D eigenvalue weighted by molar-refractivity contribution is 0.104. The Morgan fingerprint density at radius 3 is 2.60 bits per heavy atom. The number of carbonyl (C=O) groups is 1. The molecule has 1 aliphatic rings. The molecule has 2 unspecified atom stereocenters. The maximum atomic E-state index is 13.9. The molecule has 0 aromatic heterocycles. The van der Waals surface area contributed by atoms with Crippen molar-refractivity contribution >= 4 is 11.9 Å². The first-order valence-electron chi connectivity index (χ1n) is 9.68. The van der Waals surface area contributed by atoms with Gasteiger partial charge in [-0.15, -0.1) is 0 Å². The third kappa shape index (κ3) is 4.04. The largest absolute Gasteiger partial charge is 0.507 e. The summed E-state index contributed by atoms with van der Waals surface area (Å²) in [6.07, 6.45) is 3.26. The van der Waals surface area contributed by atoms with Crippen molar-refractivity contribution in [2.24, 2.45) is 0 Å². The van der Waals surface area contributed by atoms with E-state index in [2.05, 4.69) is 0 Å². The fourth-order valence-corrected chi connectivity index (χ4v) is 4.03. The molecule has 1 heterocycles. The Morgan fingerprint density at radius 1 is 1.27 bits per heavy atom. The number of methoxy groups -OCH3 is 2. The number of allylic oxidation sites excluding steroid dienone is 1. The summed E-state index contributed by atoms with van der Waals surface area (Å²) in [4.78, 5) is 15.0. The molecule has 6 nitrogen and oxygen atoms in total. The normalized spacial score (nSPS) is 19.4. The molecule has 2 atom stereocenters. The molecule has 3 rings (SSSR count). The van der Waals surface area contributed by atoms with Crippen LogP contribution in [0.5, 0.6) is 17.2 Å². The number of nitrogens with zero attached hydrogens (tertiary/aromatic N) is 1. The third-order valence-electron chi connectivity index (χ3n) is 5.65. The molecule has 30 heavy (non-hydrogen) atoms. The Balaban J connectivity index is 2.08. The Kier molecular flexibility index (Phi) is 6.74. The van der Waals surface area contributed by atoms with E-state index < -0.39 is 11.6 Å². The number of benzene rings is 2. The van der Waals surface area contributed by atoms with Crippen molar-refractivity contribution in [3.63, 3.8) is 0 Å². The number of hydrogen-bond donors (Lipinski definition) is 2. The van der Waals surface area contributed by atoms with E-state index in [1.54, 1.807) is 24.3 Å². The summed E-state index contributed by atoms with van der Waals surface area (Å²) in [6, 6.07) is 7.44. The van der Waals surface area contributed by atoms with E-state index in [1.165, 1.54) is 32.4 Å². The van der Waals surface area contributed by atoms with Crippen LogP contribution in [0.1, 0.15) is 33.8 Å². The minimum absolute atomic E-state index is 0.0212. The number of phenolic OH excluding ortho intramolecular Hbond substituents is 1. The average Bonchev–Trinajstić information content (AvgIpc) is 3.11. The molecule has 1 saturated heterocycles. The summed E-state index contributed by atoms with van der Waals surface area (Å²) < 4.78 is 24.7. The lowest BCUT2D eigenvalue weighted by Crippen LogP contribution is -2.32. The van der Waals surface area contributed by atoms with Crippen LogP contribution in [-0.2, 0) is 0 Å². The van der Waals surface area contributed by atoms with Crippen molar-refractivity contribution in [2.75, 3.05) is 34.4 Å². The van der Waals surface area contributed by atoms with Gasteiger partial charge >= 0.3 is 0 Å². The molecule has 2 N–H and O–H groups in total. The molecule has 0 aliphatic carbocycles. The number of ether oxygens (including phenoxy) is 2. The number of ketones is 1. The first kappa shape index (κ1) is 21.8. The van der Waals surface area contributed by atoms with Gasteiger partial charge in [-0.2, -0.15) is 0 Å². The average molecular weight is 415 g/mol. The van der Waals surface area contributed by atoms with E-state index in [0.717, 1.165) is 6.54 Å². The molecule has 0 saturated carbocycles. The Morgan fingerprint density at radius 2 is 1.97 bits per heavy atom. The van der Waals surface area contributed by atoms with E-state index in [9.17, 15) is 19.4 Å². The molecule has 1 aliphatic heterocycles. The minimum Gasteiger partial charge on any atom is -0.507 e. The van der Waals surface area contributed by atoms with Crippen LogP contribution in [0.15, 0.2) is 36.4 Å². The molecule has 0 amide bonds. The summed E-state index contributed by atoms with van der Waals surface area (Å²) in [5.41, 5.74) is 0.701. The molecule has 0 spiro atoms. The minimum atomic E-state index is -0.525. The number of aliphatic hydroxyl groups is 1. The fourth-order valence-electron chi connectivity index (χ4n) is 4.03. The number of halogens is 1. The van der Waals surface area contributed by atoms with Crippen LogP contribution in [-0.4, -0.2) is 61.4 Å². The Bertz CT molecular complexity index is 959. The van der Waals surface area contributed by atoms with Crippen molar-refractivity contribution in [1.82, 2.24) is 4.90 Å². The highest BCUT2D eigenvalue weighted by Gasteiger charge is 2.37. The zero-order valence-corrected chi connectivity index (χ0v) is 17.3. The van der Waals surface area contributed by atoms with E-state index in [1.807, 2.05) is 11.9 Å². The van der Waals surface area contributed by atoms with Crippen LogP contribution in [0.2, 0.25) is 0 Å². The lowest BCUT2D eigenvalue weighted by Gasteiger charge is -2.26. The molecule has 0 bridgehead atoms. The number of phenols is 1. The number of rotatable bonds is 7. The van der Waals surface area contributed by atoms with Gasteiger partial charge in [0.05, 0.1) is 20.8 Å². The molecular formula is C23H26FNO5. The van der Waals surface area contributed by atoms with Crippen LogP contribution < -0.4 is 9.47 Å². The standard InChI is InChI=1S/C23H26FNO5/c1-25-11-10-15(17(25)13-26)21-19(29-2)12-20(30-3)22(23(21)28)18(27)9-8-14-6-4-5-7-16(14)24/h4-9,12,15,17,26,28H,10-11,13H2,1-3H3. The van der Waals surface area contributed by atoms with Crippen molar-refractivity contribution in [3.8, 4) is 17.2 Å². The zero-order chi connectivity index (χ0) is 21.8. The molecule has 2 aromatic carbocycles. The summed E-state index contributed by atoms with van der Waals surface area (Å²) in [5, 5.41) is 20.9. The second kappa shape index (κ2) is 9.28. The summed E-state index contributed by atoms with van der Waals surface area (Å²) in [6.45, 7) is 0.646. The van der Waals surface area contributed by atoms with E-state index in [0.29, 0.717) is 17.7 Å². The van der Waals surface area contributed by atoms with Crippen molar-refractivity contribution < 1.29 is 28.9 Å². The maximum Gasteiger partial charge on any atom is 0.193 e. The predicted octanol–water partition coefficient (Wildman–Crippen LogP) is 3.22. The Labute approximate surface area is 175 Å². The van der Waals surface area contributed by atoms with Crippen molar-refractivity contribution in [3.05, 3.63) is 58.9 Å². The molecule has 160 valence electrons. The van der Waals surface area contributed by atoms with Gasteiger partial charge < -0.3 is 24.6 Å². The molecule has 1 fully saturated rings. The predicted molar refractivity (Wildman–Crippen MR) is 112 cm³/mol. The number of carbonyl (C=O) groups excluding carboxylic acids is 1. The Hall–Kier alpha value is -2.90. The first-order valence-corrected chi connectivity index (χ1v) is 9.68. The summed E-state index contributed by atoms with van der Waals surface area (Å²) in [7, 11) is 4.77. The van der Waals surface area contributed by atoms with Gasteiger partial charge in [-0.1, -0.05) is 18.2 Å². The number of likely N-dealkylation sites (N-methyl/N-ethyl adjacent to an activating group) is 1. The van der Waals surface area contributed by atoms with E-state index in [4.69, 9.17) is 9.47 Å². The first-order chi connectivity index (χ1) is 14.4. The molecule has 0 radical (unpaired) electrons. The third-order valence-corrected chi connectivity index (χ3v) is 5.65. The van der Waals surface area contributed by atoms with E-state index >= 15 is 0 Å². The number of aromatic hydroxyl groups is 1. The van der Waals surface area contributed by atoms with Gasteiger partial charge in [0.2, 0.25) is 0 Å². The second-order valence-electron chi connectivity index (χ2n) is 7.26. The van der Waals surface area contributed by atoms with Gasteiger partial charge in [0.1, 0.15) is 28.6 Å². The van der Waals surface area contributed by atoms with Gasteiger partial charge in [0, 0.05) is 29.2 Å². The highest BCUT2D eigenvalue weighted by Crippen LogP contribution is 2.47. The van der Waals surface area contributed by atoms with Gasteiger partial charge in [-0.3, -0.25) is 4.79 Å².